The van der Waals surface area contributed by atoms with Crippen LogP contribution in [0.15, 0.2) is 0 Å². The standard InChI is InChI=1S/C4H9BrO2/c1-6-2-3-7-4-5/h2-4H2,1H3. The maximum Gasteiger partial charge on any atom is 0.102 e. The fourth-order valence-electron chi connectivity index (χ4n) is 0.197. The number of alkyl halides is 1. The molecule has 0 radical (unpaired) electrons. The molecule has 44 valence electrons. The van der Waals surface area contributed by atoms with E-state index in [1.54, 1.807) is 7.11 Å². The molecule has 2 nitrogen and oxygen atoms in total. The topological polar surface area (TPSA) is 18.5 Å². The lowest BCUT2D eigenvalue weighted by atomic mass is 10.8. The van der Waals surface area contributed by atoms with Crippen molar-refractivity contribution in [3.8, 4) is 0 Å². The summed E-state index contributed by atoms with van der Waals surface area (Å²) in [4.78, 5) is 0. The smallest absolute Gasteiger partial charge is 0.102 e. The van der Waals surface area contributed by atoms with Gasteiger partial charge in [-0.15, -0.1) is 0 Å². The molecule has 0 atom stereocenters. The number of methoxy groups -OCH3 is 1. The summed E-state index contributed by atoms with van der Waals surface area (Å²) in [6.45, 7) is 1.34. The van der Waals surface area contributed by atoms with Crippen LogP contribution in [0.5, 0.6) is 0 Å². The predicted octanol–water partition coefficient (Wildman–Crippen LogP) is 1.00. The lowest BCUT2D eigenvalue weighted by molar-refractivity contribution is 0.0969. The van der Waals surface area contributed by atoms with Gasteiger partial charge in [0.25, 0.3) is 0 Å². The number of ether oxygens (including phenoxy) is 2. The van der Waals surface area contributed by atoms with Crippen LogP contribution in [0.2, 0.25) is 0 Å². The van der Waals surface area contributed by atoms with Gasteiger partial charge in [-0.1, -0.05) is 15.9 Å². The molecule has 0 saturated heterocycles. The molecule has 0 aromatic rings. The highest BCUT2D eigenvalue weighted by molar-refractivity contribution is 9.09. The highest BCUT2D eigenvalue weighted by atomic mass is 79.9. The molecule has 0 aliphatic heterocycles. The van der Waals surface area contributed by atoms with E-state index < -0.39 is 0 Å². The minimum atomic E-state index is 0.594. The fourth-order valence-corrected chi connectivity index (χ4v) is 0.426. The number of hydrogen-bond donors (Lipinski definition) is 0. The van der Waals surface area contributed by atoms with Crippen molar-refractivity contribution in [2.75, 3.05) is 25.8 Å². The van der Waals surface area contributed by atoms with Crippen LogP contribution >= 0.6 is 15.9 Å². The van der Waals surface area contributed by atoms with Crippen molar-refractivity contribution in [2.45, 2.75) is 0 Å². The summed E-state index contributed by atoms with van der Waals surface area (Å²) in [5.74, 6) is 0. The van der Waals surface area contributed by atoms with Gasteiger partial charge in [0.1, 0.15) is 5.52 Å². The van der Waals surface area contributed by atoms with E-state index in [-0.39, 0.29) is 0 Å². The van der Waals surface area contributed by atoms with Gasteiger partial charge in [-0.05, 0) is 0 Å². The van der Waals surface area contributed by atoms with Gasteiger partial charge in [-0.2, -0.15) is 0 Å². The minimum Gasteiger partial charge on any atom is -0.382 e. The minimum absolute atomic E-state index is 0.594. The molecule has 0 rings (SSSR count). The van der Waals surface area contributed by atoms with Crippen LogP contribution in [0.1, 0.15) is 0 Å². The normalized spacial score (nSPS) is 9.43. The molecule has 3 heteroatoms. The first-order valence-electron chi connectivity index (χ1n) is 2.04. The molecule has 0 unspecified atom stereocenters. The quantitative estimate of drug-likeness (QED) is 0.461. The molecule has 0 fully saturated rings. The average Bonchev–Trinajstić information content (AvgIpc) is 1.69. The summed E-state index contributed by atoms with van der Waals surface area (Å²) in [6, 6.07) is 0. The summed E-state index contributed by atoms with van der Waals surface area (Å²) in [7, 11) is 1.65. The SMILES string of the molecule is COCCOCBr. The molecular weight excluding hydrogens is 160 g/mol. The molecule has 0 aromatic heterocycles. The van der Waals surface area contributed by atoms with Crippen LogP contribution in [-0.2, 0) is 9.47 Å². The zero-order valence-electron chi connectivity index (χ0n) is 4.32. The molecule has 0 aliphatic rings. The Balaban J connectivity index is 2.45. The van der Waals surface area contributed by atoms with Gasteiger partial charge < -0.3 is 9.47 Å². The Kier molecular flexibility index (Phi) is 6.77. The van der Waals surface area contributed by atoms with Gasteiger partial charge in [-0.25, -0.2) is 0 Å². The summed E-state index contributed by atoms with van der Waals surface area (Å²) in [5, 5.41) is 0. The van der Waals surface area contributed by atoms with Crippen LogP contribution in [0.4, 0.5) is 0 Å². The Hall–Kier alpha value is 0.400. The summed E-state index contributed by atoms with van der Waals surface area (Å²) in [6.07, 6.45) is 0. The van der Waals surface area contributed by atoms with E-state index >= 15 is 0 Å². The number of hydrogen-bond acceptors (Lipinski definition) is 2. The van der Waals surface area contributed by atoms with Crippen molar-refractivity contribution in [3.05, 3.63) is 0 Å². The third kappa shape index (κ3) is 6.40. The summed E-state index contributed by atoms with van der Waals surface area (Å²) in [5.41, 5.74) is 0.594. The molecule has 0 heterocycles. The Bertz CT molecular complexity index is 28.9. The van der Waals surface area contributed by atoms with E-state index in [0.717, 1.165) is 0 Å². The number of halogens is 1. The van der Waals surface area contributed by atoms with Crippen molar-refractivity contribution in [1.29, 1.82) is 0 Å². The first-order valence-corrected chi connectivity index (χ1v) is 3.16. The second-order valence-electron chi connectivity index (χ2n) is 1.01. The van der Waals surface area contributed by atoms with Crippen molar-refractivity contribution < 1.29 is 9.47 Å². The molecule has 0 aromatic carbocycles. The van der Waals surface area contributed by atoms with Crippen LogP contribution < -0.4 is 0 Å². The third-order valence-corrected chi connectivity index (χ3v) is 0.833. The van der Waals surface area contributed by atoms with Gasteiger partial charge in [-0.3, -0.25) is 0 Å². The largest absolute Gasteiger partial charge is 0.382 e. The van der Waals surface area contributed by atoms with E-state index in [0.29, 0.717) is 18.7 Å². The van der Waals surface area contributed by atoms with Gasteiger partial charge >= 0.3 is 0 Å². The second-order valence-corrected chi connectivity index (χ2v) is 1.47. The van der Waals surface area contributed by atoms with Crippen molar-refractivity contribution >= 4 is 15.9 Å². The first-order chi connectivity index (χ1) is 3.41. The maximum atomic E-state index is 4.87. The number of rotatable bonds is 4. The van der Waals surface area contributed by atoms with Crippen LogP contribution in [0, 0.1) is 0 Å². The lowest BCUT2D eigenvalue weighted by Gasteiger charge is -1.95. The van der Waals surface area contributed by atoms with E-state index in [2.05, 4.69) is 15.9 Å². The van der Waals surface area contributed by atoms with Crippen LogP contribution in [-0.4, -0.2) is 25.8 Å². The van der Waals surface area contributed by atoms with Gasteiger partial charge in [0.05, 0.1) is 13.2 Å². The Morgan fingerprint density at radius 2 is 2.14 bits per heavy atom. The molecule has 7 heavy (non-hydrogen) atoms. The lowest BCUT2D eigenvalue weighted by Crippen LogP contribution is -1.98. The van der Waals surface area contributed by atoms with Crippen molar-refractivity contribution in [2.24, 2.45) is 0 Å². The Morgan fingerprint density at radius 1 is 1.43 bits per heavy atom. The summed E-state index contributed by atoms with van der Waals surface area (Å²) >= 11 is 3.10. The molecule has 0 spiro atoms. The van der Waals surface area contributed by atoms with Gasteiger partial charge in [0.15, 0.2) is 0 Å². The maximum absolute atomic E-state index is 4.87. The highest BCUT2D eigenvalue weighted by Crippen LogP contribution is 1.80. The Labute approximate surface area is 51.9 Å². The fraction of sp³-hybridized carbons (Fsp3) is 1.00. The molecular formula is C4H9BrO2. The first kappa shape index (κ1) is 7.40. The zero-order chi connectivity index (χ0) is 5.54. The van der Waals surface area contributed by atoms with E-state index in [9.17, 15) is 0 Å². The zero-order valence-corrected chi connectivity index (χ0v) is 5.90. The highest BCUT2D eigenvalue weighted by Gasteiger charge is 1.78. The predicted molar refractivity (Wildman–Crippen MR) is 31.6 cm³/mol. The molecule has 0 saturated carbocycles. The third-order valence-electron chi connectivity index (χ3n) is 0.509. The monoisotopic (exact) mass is 168 g/mol. The van der Waals surface area contributed by atoms with Gasteiger partial charge in [0, 0.05) is 7.11 Å². The van der Waals surface area contributed by atoms with Crippen molar-refractivity contribution in [1.82, 2.24) is 0 Å². The second kappa shape index (κ2) is 6.40. The van der Waals surface area contributed by atoms with Crippen LogP contribution in [0.25, 0.3) is 0 Å². The molecule has 0 amide bonds. The van der Waals surface area contributed by atoms with Gasteiger partial charge in [0.2, 0.25) is 0 Å². The molecule has 0 bridgehead atoms. The van der Waals surface area contributed by atoms with Crippen molar-refractivity contribution in [3.63, 3.8) is 0 Å². The molecule has 0 N–H and O–H groups in total. The molecule has 0 aliphatic carbocycles. The summed E-state index contributed by atoms with van der Waals surface area (Å²) < 4.78 is 9.56. The van der Waals surface area contributed by atoms with Crippen LogP contribution in [0.3, 0.4) is 0 Å². The van der Waals surface area contributed by atoms with E-state index in [1.807, 2.05) is 0 Å². The van der Waals surface area contributed by atoms with E-state index in [1.165, 1.54) is 0 Å². The average molecular weight is 169 g/mol. The van der Waals surface area contributed by atoms with E-state index in [4.69, 9.17) is 9.47 Å². The Morgan fingerprint density at radius 3 is 2.57 bits per heavy atom.